The van der Waals surface area contributed by atoms with E-state index in [1.807, 2.05) is 30.3 Å². The number of ether oxygens (including phenoxy) is 1. The molecule has 0 atom stereocenters. The summed E-state index contributed by atoms with van der Waals surface area (Å²) < 4.78 is 38.7. The molecule has 0 radical (unpaired) electrons. The predicted molar refractivity (Wildman–Crippen MR) is 129 cm³/mol. The van der Waals surface area contributed by atoms with Crippen molar-refractivity contribution in [2.24, 2.45) is 0 Å². The van der Waals surface area contributed by atoms with E-state index in [2.05, 4.69) is 10.0 Å². The average molecular weight is 477 g/mol. The van der Waals surface area contributed by atoms with Crippen LogP contribution in [-0.2, 0) is 23.2 Å². The first kappa shape index (κ1) is 23.3. The molecule has 1 amide bonds. The molecule has 0 aliphatic heterocycles. The number of benzene rings is 3. The second kappa shape index (κ2) is 10.4. The molecule has 0 fully saturated rings. The van der Waals surface area contributed by atoms with Crippen LogP contribution in [-0.4, -0.2) is 14.3 Å². The molecule has 174 valence electrons. The van der Waals surface area contributed by atoms with E-state index >= 15 is 0 Å². The van der Waals surface area contributed by atoms with E-state index in [-0.39, 0.29) is 17.0 Å². The molecule has 0 aliphatic carbocycles. The number of sulfonamides is 1. The van der Waals surface area contributed by atoms with E-state index in [1.165, 1.54) is 18.4 Å². The summed E-state index contributed by atoms with van der Waals surface area (Å²) in [6, 6.07) is 24.6. The van der Waals surface area contributed by atoms with Crippen LogP contribution < -0.4 is 14.8 Å². The zero-order valence-electron chi connectivity index (χ0n) is 18.5. The van der Waals surface area contributed by atoms with Gasteiger partial charge < -0.3 is 14.5 Å². The molecule has 4 rings (SSSR count). The maximum Gasteiger partial charge on any atom is 0.255 e. The Balaban J connectivity index is 1.41. The first-order valence-electron chi connectivity index (χ1n) is 10.6. The van der Waals surface area contributed by atoms with Gasteiger partial charge in [0, 0.05) is 11.3 Å². The summed E-state index contributed by atoms with van der Waals surface area (Å²) in [4.78, 5) is 12.9. The summed E-state index contributed by atoms with van der Waals surface area (Å²) in [5, 5.41) is 2.81. The molecular formula is C26H24N2O5S. The van der Waals surface area contributed by atoms with E-state index < -0.39 is 15.9 Å². The third-order valence-electron chi connectivity index (χ3n) is 5.14. The number of hydrogen-bond donors (Lipinski definition) is 2. The molecule has 34 heavy (non-hydrogen) atoms. The van der Waals surface area contributed by atoms with Crippen molar-refractivity contribution in [1.82, 2.24) is 4.72 Å². The van der Waals surface area contributed by atoms with Crippen LogP contribution in [0.3, 0.4) is 0 Å². The molecule has 0 saturated heterocycles. The van der Waals surface area contributed by atoms with Crippen LogP contribution in [0.5, 0.6) is 5.75 Å². The molecule has 1 heterocycles. The van der Waals surface area contributed by atoms with Gasteiger partial charge in [0.1, 0.15) is 18.1 Å². The lowest BCUT2D eigenvalue weighted by molar-refractivity contribution is 0.102. The van der Waals surface area contributed by atoms with Crippen LogP contribution in [0, 0.1) is 6.92 Å². The first-order valence-corrected chi connectivity index (χ1v) is 12.1. The Morgan fingerprint density at radius 3 is 2.41 bits per heavy atom. The molecule has 3 aromatic carbocycles. The highest BCUT2D eigenvalue weighted by atomic mass is 32.2. The number of anilines is 1. The van der Waals surface area contributed by atoms with Gasteiger partial charge in [-0.3, -0.25) is 4.79 Å². The van der Waals surface area contributed by atoms with E-state index in [1.54, 1.807) is 49.4 Å². The Bertz CT molecular complexity index is 1350. The second-order valence-corrected chi connectivity index (χ2v) is 9.40. The fraction of sp³-hybridized carbons (Fsp3) is 0.115. The average Bonchev–Trinajstić information content (AvgIpc) is 3.37. The highest BCUT2D eigenvalue weighted by Crippen LogP contribution is 2.20. The fourth-order valence-electron chi connectivity index (χ4n) is 3.25. The molecule has 0 aliphatic rings. The lowest BCUT2D eigenvalue weighted by Gasteiger charge is -2.12. The van der Waals surface area contributed by atoms with E-state index in [4.69, 9.17) is 9.15 Å². The van der Waals surface area contributed by atoms with Crippen LogP contribution in [0.4, 0.5) is 5.69 Å². The first-order chi connectivity index (χ1) is 16.4. The largest absolute Gasteiger partial charge is 0.489 e. The van der Waals surface area contributed by atoms with Gasteiger partial charge in [-0.05, 0) is 66.6 Å². The number of aryl methyl sites for hydroxylation is 1. The number of carbonyl (C=O) groups is 1. The minimum Gasteiger partial charge on any atom is -0.489 e. The minimum atomic E-state index is -3.82. The Hall–Kier alpha value is -3.88. The Labute approximate surface area is 198 Å². The SMILES string of the molecule is Cc1ccc(S(=O)(=O)NCc2ccco2)cc1C(=O)Nc1ccc(OCc2ccccc2)cc1. The highest BCUT2D eigenvalue weighted by molar-refractivity contribution is 7.89. The summed E-state index contributed by atoms with van der Waals surface area (Å²) in [6.07, 6.45) is 1.47. The summed E-state index contributed by atoms with van der Waals surface area (Å²) in [5.74, 6) is 0.761. The molecule has 0 spiro atoms. The highest BCUT2D eigenvalue weighted by Gasteiger charge is 2.18. The van der Waals surface area contributed by atoms with Crippen molar-refractivity contribution in [2.75, 3.05) is 5.32 Å². The van der Waals surface area contributed by atoms with Gasteiger partial charge in [-0.15, -0.1) is 0 Å². The van der Waals surface area contributed by atoms with Crippen LogP contribution >= 0.6 is 0 Å². The maximum atomic E-state index is 12.9. The van der Waals surface area contributed by atoms with Gasteiger partial charge in [-0.1, -0.05) is 36.4 Å². The van der Waals surface area contributed by atoms with Crippen molar-refractivity contribution >= 4 is 21.6 Å². The normalized spacial score (nSPS) is 11.2. The van der Waals surface area contributed by atoms with Crippen LogP contribution in [0.15, 0.2) is 101 Å². The molecular weight excluding hydrogens is 452 g/mol. The topological polar surface area (TPSA) is 97.6 Å². The van der Waals surface area contributed by atoms with Gasteiger partial charge in [0.25, 0.3) is 5.91 Å². The second-order valence-electron chi connectivity index (χ2n) is 7.63. The summed E-state index contributed by atoms with van der Waals surface area (Å²) >= 11 is 0. The van der Waals surface area contributed by atoms with Crippen molar-refractivity contribution in [1.29, 1.82) is 0 Å². The smallest absolute Gasteiger partial charge is 0.255 e. The van der Waals surface area contributed by atoms with E-state index in [0.717, 1.165) is 5.56 Å². The van der Waals surface area contributed by atoms with Crippen molar-refractivity contribution < 1.29 is 22.4 Å². The van der Waals surface area contributed by atoms with E-state index in [9.17, 15) is 13.2 Å². The zero-order valence-corrected chi connectivity index (χ0v) is 19.3. The number of hydrogen-bond acceptors (Lipinski definition) is 5. The van der Waals surface area contributed by atoms with Gasteiger partial charge in [-0.25, -0.2) is 13.1 Å². The minimum absolute atomic E-state index is 0.000494. The standard InChI is InChI=1S/C26H24N2O5S/c1-19-9-14-24(34(30,31)27-17-23-8-5-15-32-23)16-25(19)26(29)28-21-10-12-22(13-11-21)33-18-20-6-3-2-4-7-20/h2-16,27H,17-18H2,1H3,(H,28,29). The maximum absolute atomic E-state index is 12.9. The number of rotatable bonds is 9. The van der Waals surface area contributed by atoms with Gasteiger partial charge in [0.15, 0.2) is 0 Å². The van der Waals surface area contributed by atoms with Gasteiger partial charge in [0.05, 0.1) is 17.7 Å². The molecule has 7 nitrogen and oxygen atoms in total. The molecule has 0 unspecified atom stereocenters. The number of carbonyl (C=O) groups excluding carboxylic acids is 1. The molecule has 1 aromatic heterocycles. The third-order valence-corrected chi connectivity index (χ3v) is 6.54. The van der Waals surface area contributed by atoms with E-state index in [0.29, 0.717) is 29.4 Å². The summed E-state index contributed by atoms with van der Waals surface area (Å²) in [6.45, 7) is 2.21. The monoisotopic (exact) mass is 476 g/mol. The Kier molecular flexibility index (Phi) is 7.10. The Morgan fingerprint density at radius 1 is 0.941 bits per heavy atom. The lowest BCUT2D eigenvalue weighted by Crippen LogP contribution is -2.24. The van der Waals surface area contributed by atoms with Crippen molar-refractivity contribution in [3.8, 4) is 5.75 Å². The number of amides is 1. The van der Waals surface area contributed by atoms with Crippen LogP contribution in [0.1, 0.15) is 27.2 Å². The van der Waals surface area contributed by atoms with Crippen molar-refractivity contribution in [2.45, 2.75) is 25.0 Å². The van der Waals surface area contributed by atoms with Gasteiger partial charge in [0.2, 0.25) is 10.0 Å². The van der Waals surface area contributed by atoms with Gasteiger partial charge >= 0.3 is 0 Å². The van der Waals surface area contributed by atoms with Gasteiger partial charge in [-0.2, -0.15) is 0 Å². The lowest BCUT2D eigenvalue weighted by atomic mass is 10.1. The summed E-state index contributed by atoms with van der Waals surface area (Å²) in [5.41, 5.74) is 2.56. The fourth-order valence-corrected chi connectivity index (χ4v) is 4.27. The number of nitrogens with one attached hydrogen (secondary N) is 2. The molecule has 0 saturated carbocycles. The van der Waals surface area contributed by atoms with Crippen molar-refractivity contribution in [3.05, 3.63) is 114 Å². The number of furan rings is 1. The molecule has 4 aromatic rings. The summed E-state index contributed by atoms with van der Waals surface area (Å²) in [7, 11) is -3.82. The molecule has 0 bridgehead atoms. The van der Waals surface area contributed by atoms with Crippen LogP contribution in [0.2, 0.25) is 0 Å². The molecule has 8 heteroatoms. The molecule has 2 N–H and O–H groups in total. The predicted octanol–water partition coefficient (Wildman–Crippen LogP) is 4.90. The quantitative estimate of drug-likeness (QED) is 0.358. The zero-order chi connectivity index (χ0) is 24.0. The Morgan fingerprint density at radius 2 is 1.71 bits per heavy atom. The third kappa shape index (κ3) is 5.92. The van der Waals surface area contributed by atoms with Crippen LogP contribution in [0.25, 0.3) is 0 Å². The van der Waals surface area contributed by atoms with Crippen molar-refractivity contribution in [3.63, 3.8) is 0 Å².